The molecule has 1 aliphatic heterocycles. The Kier molecular flexibility index (Phi) is 5.67. The predicted octanol–water partition coefficient (Wildman–Crippen LogP) is 1.95. The van der Waals surface area contributed by atoms with Crippen LogP contribution in [-0.2, 0) is 15.8 Å². The maximum Gasteiger partial charge on any atom is 0.259 e. The number of aromatic nitrogens is 4. The van der Waals surface area contributed by atoms with Crippen LogP contribution in [0.3, 0.4) is 0 Å². The molecule has 1 aliphatic rings. The van der Waals surface area contributed by atoms with Crippen molar-refractivity contribution < 1.29 is 17.9 Å². The molecule has 0 saturated carbocycles. The highest BCUT2D eigenvalue weighted by molar-refractivity contribution is 7.89. The summed E-state index contributed by atoms with van der Waals surface area (Å²) in [6.45, 7) is 3.73. The van der Waals surface area contributed by atoms with E-state index in [0.717, 1.165) is 11.0 Å². The lowest BCUT2D eigenvalue weighted by Gasteiger charge is -2.27. The van der Waals surface area contributed by atoms with Crippen molar-refractivity contribution in [2.45, 2.75) is 25.1 Å². The van der Waals surface area contributed by atoms with Gasteiger partial charge in [-0.25, -0.2) is 13.4 Å². The summed E-state index contributed by atoms with van der Waals surface area (Å²) in [7, 11) is -3.65. The summed E-state index contributed by atoms with van der Waals surface area (Å²) < 4.78 is 34.9. The summed E-state index contributed by atoms with van der Waals surface area (Å²) in [5.41, 5.74) is 7.99. The summed E-state index contributed by atoms with van der Waals surface area (Å²) in [6, 6.07) is 15.8. The number of carbonyl (C=O) groups is 1. The fourth-order valence-corrected chi connectivity index (χ4v) is 5.01. The van der Waals surface area contributed by atoms with Gasteiger partial charge in [0.2, 0.25) is 0 Å². The quantitative estimate of drug-likeness (QED) is 0.403. The fourth-order valence-electron chi connectivity index (χ4n) is 3.92. The first kappa shape index (κ1) is 23.4. The summed E-state index contributed by atoms with van der Waals surface area (Å²) in [4.78, 5) is 17.4. The number of rotatable bonds is 6. The van der Waals surface area contributed by atoms with Crippen LogP contribution in [0.15, 0.2) is 65.2 Å². The first-order valence-corrected chi connectivity index (χ1v) is 12.7. The molecule has 3 N–H and O–H groups in total. The average molecular weight is 506 g/mol. The lowest BCUT2D eigenvalue weighted by atomic mass is 10.0. The van der Waals surface area contributed by atoms with Crippen molar-refractivity contribution in [2.75, 3.05) is 6.61 Å². The molecule has 4 aromatic rings. The van der Waals surface area contributed by atoms with Crippen molar-refractivity contribution in [3.63, 3.8) is 0 Å². The smallest absolute Gasteiger partial charge is 0.259 e. The van der Waals surface area contributed by atoms with Gasteiger partial charge in [-0.15, -0.1) is 9.50 Å². The minimum absolute atomic E-state index is 0.0981. The number of pyridine rings is 1. The number of nitrogens with zero attached hydrogens (tertiary/aromatic N) is 5. The molecule has 0 bridgehead atoms. The second kappa shape index (κ2) is 8.72. The molecular formula is C24H23N7O4S. The van der Waals surface area contributed by atoms with Crippen molar-refractivity contribution in [2.24, 2.45) is 10.1 Å². The van der Waals surface area contributed by atoms with E-state index in [9.17, 15) is 13.2 Å². The second-order valence-electron chi connectivity index (χ2n) is 9.01. The largest absolute Gasteiger partial charge is 0.490 e. The number of benzene rings is 2. The highest BCUT2D eigenvalue weighted by Gasteiger charge is 2.27. The molecule has 12 heteroatoms. The van der Waals surface area contributed by atoms with E-state index in [-0.39, 0.29) is 24.1 Å². The van der Waals surface area contributed by atoms with Crippen molar-refractivity contribution in [1.82, 2.24) is 25.3 Å². The van der Waals surface area contributed by atoms with Gasteiger partial charge in [-0.3, -0.25) is 4.79 Å². The molecule has 0 spiro atoms. The minimum Gasteiger partial charge on any atom is -0.490 e. The van der Waals surface area contributed by atoms with Crippen LogP contribution in [-0.4, -0.2) is 52.3 Å². The van der Waals surface area contributed by atoms with Gasteiger partial charge in [-0.05, 0) is 49.7 Å². The van der Waals surface area contributed by atoms with Gasteiger partial charge in [0.1, 0.15) is 23.7 Å². The van der Waals surface area contributed by atoms with Crippen molar-refractivity contribution in [1.29, 1.82) is 0 Å². The van der Waals surface area contributed by atoms with Gasteiger partial charge in [0.25, 0.3) is 15.9 Å². The van der Waals surface area contributed by atoms with Gasteiger partial charge in [0.05, 0.1) is 22.4 Å². The normalized spacial score (nSPS) is 14.7. The maximum absolute atomic E-state index is 13.1. The molecule has 0 aliphatic carbocycles. The van der Waals surface area contributed by atoms with E-state index < -0.39 is 15.6 Å². The van der Waals surface area contributed by atoms with Crippen LogP contribution in [0.25, 0.3) is 16.9 Å². The van der Waals surface area contributed by atoms with E-state index in [1.165, 1.54) is 6.20 Å². The zero-order valence-electron chi connectivity index (χ0n) is 19.5. The number of amidine groups is 1. The molecule has 36 heavy (non-hydrogen) atoms. The van der Waals surface area contributed by atoms with Crippen molar-refractivity contribution in [3.8, 4) is 11.6 Å². The standard InChI is InChI=1S/C24H23N7O4S/c1-24(2,14-35-19-9-5-6-16-13-36(33,34)29-22(25)21(16)19)27-23(32)15-10-11-26-20(12-15)31-18-8-4-3-7-17(18)28-30-31/h3-12H,13-14H2,1-2H3,(H2,25,29)(H,27,32). The Morgan fingerprint density at radius 3 is 2.81 bits per heavy atom. The third-order valence-corrected chi connectivity index (χ3v) is 6.71. The highest BCUT2D eigenvalue weighted by atomic mass is 32.2. The van der Waals surface area contributed by atoms with Gasteiger partial charge in [0, 0.05) is 11.8 Å². The Morgan fingerprint density at radius 2 is 1.97 bits per heavy atom. The summed E-state index contributed by atoms with van der Waals surface area (Å²) in [6.07, 6.45) is 1.54. The third kappa shape index (κ3) is 4.62. The number of carbonyl (C=O) groups excluding carboxylic acids is 1. The molecule has 0 radical (unpaired) electrons. The van der Waals surface area contributed by atoms with Crippen molar-refractivity contribution >= 4 is 32.8 Å². The van der Waals surface area contributed by atoms with Crippen molar-refractivity contribution in [3.05, 3.63) is 77.5 Å². The van der Waals surface area contributed by atoms with Crippen LogP contribution in [0, 0.1) is 0 Å². The maximum atomic E-state index is 13.1. The zero-order valence-corrected chi connectivity index (χ0v) is 20.4. The number of sulfonamides is 1. The number of hydrogen-bond acceptors (Lipinski definition) is 8. The molecule has 3 heterocycles. The number of para-hydroxylation sites is 1. The Balaban J connectivity index is 1.32. The molecule has 0 atom stereocenters. The van der Waals surface area contributed by atoms with E-state index in [1.54, 1.807) is 35.0 Å². The first-order valence-electron chi connectivity index (χ1n) is 11.0. The monoisotopic (exact) mass is 505 g/mol. The van der Waals surface area contributed by atoms with E-state index in [4.69, 9.17) is 10.5 Å². The van der Waals surface area contributed by atoms with Gasteiger partial charge in [0.15, 0.2) is 5.82 Å². The zero-order chi connectivity index (χ0) is 25.5. The third-order valence-electron chi connectivity index (χ3n) is 5.56. The summed E-state index contributed by atoms with van der Waals surface area (Å²) in [5.74, 6) is 0.185. The Hall–Kier alpha value is -4.32. The SMILES string of the molecule is CC(C)(COc1cccc2c1C(N)=NS(=O)(=O)C2)NC(=O)c1ccnc(-n2nnc3ccccc32)c1. The molecule has 2 aromatic heterocycles. The number of nitrogens with two attached hydrogens (primary N) is 1. The van der Waals surface area contributed by atoms with E-state index in [2.05, 4.69) is 25.0 Å². The highest BCUT2D eigenvalue weighted by Crippen LogP contribution is 2.28. The van der Waals surface area contributed by atoms with E-state index >= 15 is 0 Å². The van der Waals surface area contributed by atoms with Gasteiger partial charge in [-0.1, -0.05) is 29.5 Å². The second-order valence-corrected chi connectivity index (χ2v) is 10.6. The van der Waals surface area contributed by atoms with Crippen LogP contribution in [0.1, 0.15) is 35.3 Å². The molecule has 184 valence electrons. The Labute approximate surface area is 207 Å². The van der Waals surface area contributed by atoms with Gasteiger partial charge < -0.3 is 15.8 Å². The van der Waals surface area contributed by atoms with E-state index in [0.29, 0.717) is 28.3 Å². The van der Waals surface area contributed by atoms with Crippen LogP contribution in [0.5, 0.6) is 5.75 Å². The molecule has 0 saturated heterocycles. The summed E-state index contributed by atoms with van der Waals surface area (Å²) >= 11 is 0. The minimum atomic E-state index is -3.65. The fraction of sp³-hybridized carbons (Fsp3) is 0.208. The van der Waals surface area contributed by atoms with Gasteiger partial charge >= 0.3 is 0 Å². The Morgan fingerprint density at radius 1 is 1.17 bits per heavy atom. The van der Waals surface area contributed by atoms with Crippen LogP contribution in [0.4, 0.5) is 0 Å². The molecule has 0 fully saturated rings. The number of amides is 1. The lowest BCUT2D eigenvalue weighted by molar-refractivity contribution is 0.0880. The van der Waals surface area contributed by atoms with Crippen LogP contribution >= 0.6 is 0 Å². The van der Waals surface area contributed by atoms with Gasteiger partial charge in [-0.2, -0.15) is 4.68 Å². The lowest BCUT2D eigenvalue weighted by Crippen LogP contribution is -2.48. The average Bonchev–Trinajstić information content (AvgIpc) is 3.26. The topological polar surface area (TPSA) is 154 Å². The number of nitrogens with one attached hydrogen (secondary N) is 1. The number of fused-ring (bicyclic) bond motifs is 2. The number of ether oxygens (including phenoxy) is 1. The Bertz CT molecular complexity index is 1630. The molecule has 2 aromatic carbocycles. The number of hydrogen-bond donors (Lipinski definition) is 2. The molecule has 1 amide bonds. The predicted molar refractivity (Wildman–Crippen MR) is 133 cm³/mol. The van der Waals surface area contributed by atoms with Crippen LogP contribution < -0.4 is 15.8 Å². The summed E-state index contributed by atoms with van der Waals surface area (Å²) in [5, 5.41) is 11.2. The molecule has 11 nitrogen and oxygen atoms in total. The molecular weight excluding hydrogens is 482 g/mol. The molecule has 0 unspecified atom stereocenters. The first-order chi connectivity index (χ1) is 17.1. The van der Waals surface area contributed by atoms with Crippen LogP contribution in [0.2, 0.25) is 0 Å². The molecule has 5 rings (SSSR count). The van der Waals surface area contributed by atoms with E-state index in [1.807, 2.05) is 38.1 Å².